The topological polar surface area (TPSA) is 58.6 Å². The zero-order valence-electron chi connectivity index (χ0n) is 17.2. The van der Waals surface area contributed by atoms with E-state index >= 15 is 0 Å². The average Bonchev–Trinajstić information content (AvgIpc) is 3.01. The van der Waals surface area contributed by atoms with E-state index in [-0.39, 0.29) is 11.3 Å². The summed E-state index contributed by atoms with van der Waals surface area (Å²) in [4.78, 5) is 28.0. The summed E-state index contributed by atoms with van der Waals surface area (Å²) < 4.78 is 5.50. The maximum atomic E-state index is 13.5. The third-order valence-electron chi connectivity index (χ3n) is 5.04. The third kappa shape index (κ3) is 3.92. The minimum atomic E-state index is -0.453. The molecule has 6 heteroatoms. The molecule has 0 saturated heterocycles. The molecule has 0 atom stereocenters. The van der Waals surface area contributed by atoms with Crippen LogP contribution in [-0.2, 0) is 9.59 Å². The third-order valence-corrected chi connectivity index (χ3v) is 5.36. The summed E-state index contributed by atoms with van der Waals surface area (Å²) in [5, 5.41) is 3.52. The number of aryl methyl sites for hydroxylation is 1. The number of rotatable bonds is 6. The van der Waals surface area contributed by atoms with Gasteiger partial charge in [-0.05, 0) is 55.3 Å². The van der Waals surface area contributed by atoms with Gasteiger partial charge < -0.3 is 10.1 Å². The lowest BCUT2D eigenvalue weighted by molar-refractivity contribution is -0.120. The lowest BCUT2D eigenvalue weighted by Crippen LogP contribution is -2.32. The molecule has 0 radical (unpaired) electrons. The fourth-order valence-electron chi connectivity index (χ4n) is 3.50. The van der Waals surface area contributed by atoms with Crippen molar-refractivity contribution in [2.24, 2.45) is 0 Å². The van der Waals surface area contributed by atoms with Crippen LogP contribution in [0.1, 0.15) is 18.1 Å². The van der Waals surface area contributed by atoms with Crippen LogP contribution in [0.15, 0.2) is 78.5 Å². The molecule has 0 spiro atoms. The van der Waals surface area contributed by atoms with Crippen molar-refractivity contribution in [3.63, 3.8) is 0 Å². The Labute approximate surface area is 185 Å². The van der Waals surface area contributed by atoms with Crippen molar-refractivity contribution in [3.8, 4) is 5.75 Å². The first kappa shape index (κ1) is 20.7. The number of halogens is 1. The summed E-state index contributed by atoms with van der Waals surface area (Å²) in [6.45, 7) is 4.38. The zero-order chi connectivity index (χ0) is 22.0. The highest BCUT2D eigenvalue weighted by atomic mass is 35.5. The van der Waals surface area contributed by atoms with Gasteiger partial charge in [0.05, 0.1) is 22.9 Å². The molecule has 0 aromatic heterocycles. The summed E-state index contributed by atoms with van der Waals surface area (Å²) in [6, 6.07) is 21.5. The number of imide groups is 1. The molecular weight excluding hydrogens is 412 g/mol. The predicted octanol–water partition coefficient (Wildman–Crippen LogP) is 5.44. The molecule has 0 fully saturated rings. The number of hydrogen-bond acceptors (Lipinski definition) is 4. The number of benzene rings is 3. The highest BCUT2D eigenvalue weighted by Gasteiger charge is 2.41. The van der Waals surface area contributed by atoms with Crippen molar-refractivity contribution in [2.75, 3.05) is 16.8 Å². The van der Waals surface area contributed by atoms with Gasteiger partial charge in [0.15, 0.2) is 0 Å². The van der Waals surface area contributed by atoms with E-state index in [1.54, 1.807) is 48.5 Å². The molecule has 0 aliphatic carbocycles. The predicted molar refractivity (Wildman–Crippen MR) is 123 cm³/mol. The number of anilines is 2. The Morgan fingerprint density at radius 3 is 2.26 bits per heavy atom. The maximum absolute atomic E-state index is 13.5. The Bertz CT molecular complexity index is 1190. The molecule has 1 aliphatic rings. The fourth-order valence-corrected chi connectivity index (χ4v) is 3.72. The van der Waals surface area contributed by atoms with Crippen LogP contribution in [0.4, 0.5) is 11.4 Å². The monoisotopic (exact) mass is 432 g/mol. The Balaban J connectivity index is 1.82. The maximum Gasteiger partial charge on any atom is 0.282 e. The summed E-state index contributed by atoms with van der Waals surface area (Å²) in [5.74, 6) is -0.191. The van der Waals surface area contributed by atoms with Crippen LogP contribution in [0.2, 0.25) is 5.02 Å². The molecule has 3 aromatic rings. The summed E-state index contributed by atoms with van der Waals surface area (Å²) in [6.07, 6.45) is 0. The van der Waals surface area contributed by atoms with E-state index < -0.39 is 11.8 Å². The van der Waals surface area contributed by atoms with Gasteiger partial charge in [-0.25, -0.2) is 4.90 Å². The normalized spacial score (nSPS) is 13.7. The van der Waals surface area contributed by atoms with E-state index in [0.29, 0.717) is 28.6 Å². The lowest BCUT2D eigenvalue weighted by atomic mass is 10.0. The number of amides is 2. The van der Waals surface area contributed by atoms with Crippen molar-refractivity contribution >= 4 is 40.4 Å². The van der Waals surface area contributed by atoms with Crippen LogP contribution in [0.5, 0.6) is 5.75 Å². The molecule has 31 heavy (non-hydrogen) atoms. The van der Waals surface area contributed by atoms with Crippen molar-refractivity contribution in [1.82, 2.24) is 0 Å². The van der Waals surface area contributed by atoms with Gasteiger partial charge in [-0.3, -0.25) is 9.59 Å². The Kier molecular flexibility index (Phi) is 5.78. The van der Waals surface area contributed by atoms with E-state index in [9.17, 15) is 9.59 Å². The van der Waals surface area contributed by atoms with E-state index in [4.69, 9.17) is 16.3 Å². The van der Waals surface area contributed by atoms with Gasteiger partial charge in [0.1, 0.15) is 11.4 Å². The SMILES string of the molecule is CCOc1ccc(C2=C(Nc3ccccc3C)C(=O)N(c3ccccc3Cl)C2=O)cc1. The molecular formula is C25H21ClN2O3. The molecule has 1 aliphatic heterocycles. The Morgan fingerprint density at radius 1 is 0.903 bits per heavy atom. The summed E-state index contributed by atoms with van der Waals surface area (Å²) in [5.41, 5.74) is 3.18. The number of carbonyl (C=O) groups excluding carboxylic acids is 2. The molecule has 2 amide bonds. The largest absolute Gasteiger partial charge is 0.494 e. The second kappa shape index (κ2) is 8.66. The van der Waals surface area contributed by atoms with E-state index in [0.717, 1.165) is 16.2 Å². The number of ether oxygens (including phenoxy) is 1. The highest BCUT2D eigenvalue weighted by Crippen LogP contribution is 2.37. The summed E-state index contributed by atoms with van der Waals surface area (Å²) >= 11 is 6.32. The number of hydrogen-bond donors (Lipinski definition) is 1. The quantitative estimate of drug-likeness (QED) is 0.526. The molecule has 5 nitrogen and oxygen atoms in total. The van der Waals surface area contributed by atoms with E-state index in [1.807, 2.05) is 38.1 Å². The molecule has 4 rings (SSSR count). The lowest BCUT2D eigenvalue weighted by Gasteiger charge is -2.17. The zero-order valence-corrected chi connectivity index (χ0v) is 17.9. The van der Waals surface area contributed by atoms with Crippen LogP contribution in [-0.4, -0.2) is 18.4 Å². The molecule has 0 saturated carbocycles. The van der Waals surface area contributed by atoms with Crippen LogP contribution in [0, 0.1) is 6.92 Å². The van der Waals surface area contributed by atoms with Crippen molar-refractivity contribution in [1.29, 1.82) is 0 Å². The summed E-state index contributed by atoms with van der Waals surface area (Å²) in [7, 11) is 0. The minimum absolute atomic E-state index is 0.211. The number of para-hydroxylation sites is 2. The molecule has 1 heterocycles. The van der Waals surface area contributed by atoms with Crippen molar-refractivity contribution in [2.45, 2.75) is 13.8 Å². The van der Waals surface area contributed by atoms with E-state index in [2.05, 4.69) is 5.32 Å². The average molecular weight is 433 g/mol. The number of carbonyl (C=O) groups is 2. The molecule has 0 unspecified atom stereocenters. The smallest absolute Gasteiger partial charge is 0.282 e. The van der Waals surface area contributed by atoms with Crippen molar-refractivity contribution < 1.29 is 14.3 Å². The van der Waals surface area contributed by atoms with Crippen LogP contribution >= 0.6 is 11.6 Å². The number of nitrogens with one attached hydrogen (secondary N) is 1. The molecule has 156 valence electrons. The first-order valence-corrected chi connectivity index (χ1v) is 10.3. The standard InChI is InChI=1S/C25H21ClN2O3/c1-3-31-18-14-12-17(13-15-18)22-23(27-20-10-6-4-8-16(20)2)25(30)28(24(22)29)21-11-7-5-9-19(21)26/h4-15,27H,3H2,1-2H3. The van der Waals surface area contributed by atoms with Gasteiger partial charge >= 0.3 is 0 Å². The van der Waals surface area contributed by atoms with Gasteiger partial charge in [0.25, 0.3) is 11.8 Å². The van der Waals surface area contributed by atoms with Crippen LogP contribution in [0.3, 0.4) is 0 Å². The second-order valence-corrected chi connectivity index (χ2v) is 7.45. The molecule has 0 bridgehead atoms. The highest BCUT2D eigenvalue weighted by molar-refractivity contribution is 6.48. The van der Waals surface area contributed by atoms with Gasteiger partial charge in [-0.15, -0.1) is 0 Å². The van der Waals surface area contributed by atoms with E-state index in [1.165, 1.54) is 0 Å². The first-order chi connectivity index (χ1) is 15.0. The van der Waals surface area contributed by atoms with Crippen LogP contribution in [0.25, 0.3) is 5.57 Å². The second-order valence-electron chi connectivity index (χ2n) is 7.04. The first-order valence-electron chi connectivity index (χ1n) is 9.94. The van der Waals surface area contributed by atoms with Crippen LogP contribution < -0.4 is 15.0 Å². The number of nitrogens with zero attached hydrogens (tertiary/aromatic N) is 1. The minimum Gasteiger partial charge on any atom is -0.494 e. The van der Waals surface area contributed by atoms with Gasteiger partial charge in [-0.1, -0.05) is 54.1 Å². The Hall–Kier alpha value is -3.57. The van der Waals surface area contributed by atoms with Gasteiger partial charge in [0, 0.05) is 5.69 Å². The molecule has 1 N–H and O–H groups in total. The Morgan fingerprint density at radius 2 is 1.58 bits per heavy atom. The van der Waals surface area contributed by atoms with Gasteiger partial charge in [-0.2, -0.15) is 0 Å². The van der Waals surface area contributed by atoms with Gasteiger partial charge in [0.2, 0.25) is 0 Å². The van der Waals surface area contributed by atoms with Crippen molar-refractivity contribution in [3.05, 3.63) is 94.6 Å². The fraction of sp³-hybridized carbons (Fsp3) is 0.120. The molecule has 3 aromatic carbocycles.